The van der Waals surface area contributed by atoms with Crippen LogP contribution in [0.25, 0.3) is 0 Å². The molecule has 1 aliphatic rings. The van der Waals surface area contributed by atoms with Crippen molar-refractivity contribution in [1.29, 1.82) is 0 Å². The first-order valence-electron chi connectivity index (χ1n) is 11.7. The van der Waals surface area contributed by atoms with E-state index in [0.717, 1.165) is 51.4 Å². The van der Waals surface area contributed by atoms with Crippen molar-refractivity contribution < 1.29 is 14.6 Å². The number of aliphatic hydroxyl groups is 1. The Kier molecular flexibility index (Phi) is 11.7. The molecule has 1 fully saturated rings. The fourth-order valence-electron chi connectivity index (χ4n) is 4.42. The fourth-order valence-corrected chi connectivity index (χ4v) is 4.42. The minimum atomic E-state index is -0.115. The number of carbonyl (C=O) groups is 1. The topological polar surface area (TPSA) is 46.5 Å². The van der Waals surface area contributed by atoms with Crippen molar-refractivity contribution in [3.63, 3.8) is 0 Å². The molecule has 0 bridgehead atoms. The van der Waals surface area contributed by atoms with E-state index >= 15 is 0 Å². The Morgan fingerprint density at radius 3 is 2.72 bits per heavy atom. The second kappa shape index (κ2) is 14.4. The lowest BCUT2D eigenvalue weighted by atomic mass is 9.87. The summed E-state index contributed by atoms with van der Waals surface area (Å²) in [5.41, 5.74) is 1.43. The first kappa shape index (κ1) is 23.7. The van der Waals surface area contributed by atoms with Gasteiger partial charge in [0.25, 0.3) is 0 Å². The smallest absolute Gasteiger partial charge is 0.305 e. The molecule has 3 nitrogen and oxygen atoms in total. The lowest BCUT2D eigenvalue weighted by molar-refractivity contribution is -0.143. The van der Waals surface area contributed by atoms with E-state index in [1.165, 1.54) is 24.8 Å². The molecule has 162 valence electrons. The van der Waals surface area contributed by atoms with Crippen molar-refractivity contribution in [3.05, 3.63) is 48.0 Å². The van der Waals surface area contributed by atoms with Gasteiger partial charge in [0.1, 0.15) is 0 Å². The van der Waals surface area contributed by atoms with E-state index in [2.05, 4.69) is 42.5 Å². The van der Waals surface area contributed by atoms with Gasteiger partial charge >= 0.3 is 5.97 Å². The van der Waals surface area contributed by atoms with Crippen LogP contribution in [0.1, 0.15) is 83.1 Å². The molecule has 1 aromatic carbocycles. The largest absolute Gasteiger partial charge is 0.466 e. The Morgan fingerprint density at radius 1 is 1.10 bits per heavy atom. The molecule has 0 aromatic heterocycles. The van der Waals surface area contributed by atoms with Gasteiger partial charge in [-0.25, -0.2) is 0 Å². The Hall–Kier alpha value is -1.61. The summed E-state index contributed by atoms with van der Waals surface area (Å²) >= 11 is 0. The number of allylic oxidation sites excluding steroid dienone is 2. The van der Waals surface area contributed by atoms with Crippen molar-refractivity contribution in [2.75, 3.05) is 6.61 Å². The van der Waals surface area contributed by atoms with Gasteiger partial charge in [0.2, 0.25) is 0 Å². The van der Waals surface area contributed by atoms with Crippen molar-refractivity contribution in [2.45, 2.75) is 90.1 Å². The van der Waals surface area contributed by atoms with Crippen LogP contribution in [-0.2, 0) is 16.0 Å². The minimum absolute atomic E-state index is 0.0773. The van der Waals surface area contributed by atoms with Crippen LogP contribution in [0, 0.1) is 11.8 Å². The monoisotopic (exact) mass is 400 g/mol. The lowest BCUT2D eigenvalue weighted by Crippen LogP contribution is -2.18. The summed E-state index contributed by atoms with van der Waals surface area (Å²) in [6, 6.07) is 10.7. The van der Waals surface area contributed by atoms with Crippen LogP contribution >= 0.6 is 0 Å². The summed E-state index contributed by atoms with van der Waals surface area (Å²) in [6.07, 6.45) is 16.7. The van der Waals surface area contributed by atoms with Crippen molar-refractivity contribution in [1.82, 2.24) is 0 Å². The minimum Gasteiger partial charge on any atom is -0.466 e. The van der Waals surface area contributed by atoms with Gasteiger partial charge < -0.3 is 9.84 Å². The molecule has 0 heterocycles. The summed E-state index contributed by atoms with van der Waals surface area (Å²) in [7, 11) is 0. The van der Waals surface area contributed by atoms with Crippen LogP contribution in [0.4, 0.5) is 0 Å². The van der Waals surface area contributed by atoms with Gasteiger partial charge in [-0.1, -0.05) is 62.2 Å². The molecule has 1 aromatic rings. The number of hydrogen-bond donors (Lipinski definition) is 1. The molecule has 0 spiro atoms. The van der Waals surface area contributed by atoms with Gasteiger partial charge in [0.05, 0.1) is 12.7 Å². The second-order valence-corrected chi connectivity index (χ2v) is 8.47. The third-order valence-corrected chi connectivity index (χ3v) is 6.10. The zero-order valence-electron chi connectivity index (χ0n) is 18.2. The fraction of sp³-hybridized carbons (Fsp3) is 0.654. The zero-order chi connectivity index (χ0) is 20.7. The maximum atomic E-state index is 11.5. The highest BCUT2D eigenvalue weighted by Crippen LogP contribution is 2.38. The van der Waals surface area contributed by atoms with E-state index in [4.69, 9.17) is 4.74 Å². The normalized spacial score (nSPS) is 21.7. The molecule has 0 aliphatic heterocycles. The SMILES string of the molecule is CCCOC(=O)CCC/C=C\C[C@H]1CC[C@@H](O)[C@@H]1CCCCCc1ccccc1. The molecule has 3 heteroatoms. The maximum Gasteiger partial charge on any atom is 0.305 e. The molecule has 0 saturated heterocycles. The number of aliphatic hydroxyl groups excluding tert-OH is 1. The summed E-state index contributed by atoms with van der Waals surface area (Å²) in [5, 5.41) is 10.4. The standard InChI is InChI=1S/C26H40O3/c1-2-21-29-26(28)18-12-4-3-10-16-23-19-20-25(27)24(23)17-11-6-9-15-22-13-7-5-8-14-22/h3,5,7-8,10,13-14,23-25,27H,2,4,6,9,11-12,15-21H2,1H3/b10-3-/t23-,24+,25+/m0/s1. The van der Waals surface area contributed by atoms with Crippen LogP contribution in [0.5, 0.6) is 0 Å². The molecule has 0 radical (unpaired) electrons. The van der Waals surface area contributed by atoms with Gasteiger partial charge in [-0.3, -0.25) is 4.79 Å². The number of ether oxygens (including phenoxy) is 1. The Bertz CT molecular complexity index is 581. The molecule has 0 amide bonds. The van der Waals surface area contributed by atoms with Crippen molar-refractivity contribution >= 4 is 5.97 Å². The molecule has 3 atom stereocenters. The van der Waals surface area contributed by atoms with E-state index in [9.17, 15) is 9.90 Å². The maximum absolute atomic E-state index is 11.5. The summed E-state index contributed by atoms with van der Waals surface area (Å²) in [6.45, 7) is 2.54. The number of rotatable bonds is 14. The average Bonchev–Trinajstić information content (AvgIpc) is 3.09. The average molecular weight is 401 g/mol. The van der Waals surface area contributed by atoms with Crippen LogP contribution in [0.2, 0.25) is 0 Å². The highest BCUT2D eigenvalue weighted by atomic mass is 16.5. The first-order valence-corrected chi connectivity index (χ1v) is 11.7. The van der Waals surface area contributed by atoms with E-state index in [0.29, 0.717) is 24.9 Å². The lowest BCUT2D eigenvalue weighted by Gasteiger charge is -2.21. The number of esters is 1. The van der Waals surface area contributed by atoms with Gasteiger partial charge in [-0.05, 0) is 75.2 Å². The Morgan fingerprint density at radius 2 is 1.93 bits per heavy atom. The molecule has 29 heavy (non-hydrogen) atoms. The Balaban J connectivity index is 1.57. The third kappa shape index (κ3) is 9.62. The number of benzene rings is 1. The number of aryl methyl sites for hydroxylation is 1. The third-order valence-electron chi connectivity index (χ3n) is 6.10. The number of hydrogen-bond acceptors (Lipinski definition) is 3. The predicted octanol–water partition coefficient (Wildman–Crippen LogP) is 6.25. The van der Waals surface area contributed by atoms with Gasteiger partial charge in [0, 0.05) is 6.42 Å². The number of carbonyl (C=O) groups excluding carboxylic acids is 1. The van der Waals surface area contributed by atoms with Crippen LogP contribution in [-0.4, -0.2) is 23.8 Å². The molecule has 1 aliphatic carbocycles. The summed E-state index contributed by atoms with van der Waals surface area (Å²) < 4.78 is 5.09. The van der Waals surface area contributed by atoms with Gasteiger partial charge in [-0.2, -0.15) is 0 Å². The van der Waals surface area contributed by atoms with E-state index in [1.54, 1.807) is 0 Å². The van der Waals surface area contributed by atoms with Gasteiger partial charge in [0.15, 0.2) is 0 Å². The highest BCUT2D eigenvalue weighted by Gasteiger charge is 2.33. The molecular weight excluding hydrogens is 360 g/mol. The number of unbranched alkanes of at least 4 members (excludes halogenated alkanes) is 3. The zero-order valence-corrected chi connectivity index (χ0v) is 18.2. The Labute approximate surface area is 177 Å². The molecular formula is C26H40O3. The van der Waals surface area contributed by atoms with Crippen LogP contribution in [0.15, 0.2) is 42.5 Å². The van der Waals surface area contributed by atoms with Crippen molar-refractivity contribution in [2.24, 2.45) is 11.8 Å². The molecule has 1 N–H and O–H groups in total. The molecule has 1 saturated carbocycles. The first-order chi connectivity index (χ1) is 14.2. The molecule has 2 rings (SSSR count). The van der Waals surface area contributed by atoms with Crippen molar-refractivity contribution in [3.8, 4) is 0 Å². The van der Waals surface area contributed by atoms with Gasteiger partial charge in [-0.15, -0.1) is 0 Å². The second-order valence-electron chi connectivity index (χ2n) is 8.47. The van der Waals surface area contributed by atoms with Crippen LogP contribution in [0.3, 0.4) is 0 Å². The quantitative estimate of drug-likeness (QED) is 0.228. The molecule has 0 unspecified atom stereocenters. The van der Waals surface area contributed by atoms with Crippen LogP contribution < -0.4 is 0 Å². The highest BCUT2D eigenvalue weighted by molar-refractivity contribution is 5.69. The summed E-state index contributed by atoms with van der Waals surface area (Å²) in [5.74, 6) is 0.997. The predicted molar refractivity (Wildman–Crippen MR) is 120 cm³/mol. The summed E-state index contributed by atoms with van der Waals surface area (Å²) in [4.78, 5) is 11.5. The van der Waals surface area contributed by atoms with E-state index in [1.807, 2.05) is 6.92 Å². The van der Waals surface area contributed by atoms with E-state index in [-0.39, 0.29) is 12.1 Å². The van der Waals surface area contributed by atoms with E-state index < -0.39 is 0 Å².